The minimum Gasteiger partial charge on any atom is -0.462 e. The van der Waals surface area contributed by atoms with E-state index >= 15 is 0 Å². The zero-order valence-corrected chi connectivity index (χ0v) is 17.2. The number of benzene rings is 2. The molecule has 0 amide bonds. The summed E-state index contributed by atoms with van der Waals surface area (Å²) in [5, 5.41) is 7.09. The first kappa shape index (κ1) is 21.5. The predicted octanol–water partition coefficient (Wildman–Crippen LogP) is 5.88. The van der Waals surface area contributed by atoms with E-state index < -0.39 is 0 Å². The van der Waals surface area contributed by atoms with Crippen molar-refractivity contribution in [3.63, 3.8) is 0 Å². The molecule has 150 valence electrons. The molecule has 0 radical (unpaired) electrons. The van der Waals surface area contributed by atoms with Crippen LogP contribution < -0.4 is 10.6 Å². The van der Waals surface area contributed by atoms with Gasteiger partial charge in [0, 0.05) is 12.6 Å². The van der Waals surface area contributed by atoms with Crippen LogP contribution in [-0.2, 0) is 11.3 Å². The summed E-state index contributed by atoms with van der Waals surface area (Å²) in [6.07, 6.45) is 4.02. The molecule has 2 N–H and O–H groups in total. The van der Waals surface area contributed by atoms with Crippen LogP contribution in [0.1, 0.15) is 49.5 Å². The predicted molar refractivity (Wildman–Crippen MR) is 118 cm³/mol. The molecule has 2 rings (SSSR count). The van der Waals surface area contributed by atoms with Gasteiger partial charge in [-0.3, -0.25) is 0 Å². The van der Waals surface area contributed by atoms with Crippen molar-refractivity contribution in [3.8, 4) is 0 Å². The summed E-state index contributed by atoms with van der Waals surface area (Å²) in [5.74, 6) is 0.201. The number of carbonyl (C=O) groups is 1. The molecule has 0 aliphatic carbocycles. The standard InChI is InChI=1S/C24H32N2O2/c1-5-11-20(6-2)18(4)26-22-15-14-21(24(27)28-7-3)16-23(22)25-17-19-12-9-8-10-13-19/h5,8-10,12-16,18,20,25-26H,1,6-7,11,17H2,2-4H3. The van der Waals surface area contributed by atoms with Crippen molar-refractivity contribution in [2.24, 2.45) is 5.92 Å². The topological polar surface area (TPSA) is 50.4 Å². The molecule has 28 heavy (non-hydrogen) atoms. The fourth-order valence-electron chi connectivity index (χ4n) is 3.25. The highest BCUT2D eigenvalue weighted by atomic mass is 16.5. The largest absolute Gasteiger partial charge is 0.462 e. The van der Waals surface area contributed by atoms with Gasteiger partial charge in [-0.1, -0.05) is 49.8 Å². The zero-order valence-electron chi connectivity index (χ0n) is 17.2. The van der Waals surface area contributed by atoms with E-state index in [0.29, 0.717) is 24.6 Å². The van der Waals surface area contributed by atoms with Crippen LogP contribution in [0.2, 0.25) is 0 Å². The highest BCUT2D eigenvalue weighted by Gasteiger charge is 2.17. The van der Waals surface area contributed by atoms with E-state index in [0.717, 1.165) is 24.2 Å². The second-order valence-corrected chi connectivity index (χ2v) is 6.95. The van der Waals surface area contributed by atoms with Crippen LogP contribution in [0.4, 0.5) is 11.4 Å². The van der Waals surface area contributed by atoms with Crippen LogP contribution in [0.5, 0.6) is 0 Å². The van der Waals surface area contributed by atoms with Crippen molar-refractivity contribution in [2.45, 2.75) is 46.2 Å². The molecular weight excluding hydrogens is 348 g/mol. The summed E-state index contributed by atoms with van der Waals surface area (Å²) in [6.45, 7) is 11.1. The average Bonchev–Trinajstić information content (AvgIpc) is 2.72. The molecule has 2 aromatic carbocycles. The Kier molecular flexibility index (Phi) is 8.60. The smallest absolute Gasteiger partial charge is 0.338 e. The van der Waals surface area contributed by atoms with Crippen LogP contribution in [-0.4, -0.2) is 18.6 Å². The Morgan fingerprint density at radius 3 is 2.54 bits per heavy atom. The lowest BCUT2D eigenvalue weighted by molar-refractivity contribution is 0.0526. The van der Waals surface area contributed by atoms with Gasteiger partial charge in [0.2, 0.25) is 0 Å². The number of hydrogen-bond acceptors (Lipinski definition) is 4. The number of rotatable bonds is 11. The fourth-order valence-corrected chi connectivity index (χ4v) is 3.25. The molecule has 2 unspecified atom stereocenters. The first-order valence-electron chi connectivity index (χ1n) is 10.0. The van der Waals surface area contributed by atoms with E-state index in [4.69, 9.17) is 4.74 Å². The fraction of sp³-hybridized carbons (Fsp3) is 0.375. The maximum Gasteiger partial charge on any atom is 0.338 e. The lowest BCUT2D eigenvalue weighted by atomic mass is 9.94. The van der Waals surface area contributed by atoms with Crippen molar-refractivity contribution in [2.75, 3.05) is 17.2 Å². The van der Waals surface area contributed by atoms with Crippen LogP contribution >= 0.6 is 0 Å². The molecule has 0 aliphatic rings. The summed E-state index contributed by atoms with van der Waals surface area (Å²) in [7, 11) is 0. The Morgan fingerprint density at radius 2 is 1.89 bits per heavy atom. The van der Waals surface area contributed by atoms with Gasteiger partial charge >= 0.3 is 5.97 Å². The van der Waals surface area contributed by atoms with E-state index in [2.05, 4.69) is 43.2 Å². The molecule has 2 atom stereocenters. The quantitative estimate of drug-likeness (QED) is 0.378. The summed E-state index contributed by atoms with van der Waals surface area (Å²) < 4.78 is 5.16. The Balaban J connectivity index is 2.23. The number of allylic oxidation sites excluding steroid dienone is 1. The second kappa shape index (κ2) is 11.2. The average molecular weight is 381 g/mol. The minimum absolute atomic E-state index is 0.286. The molecule has 0 saturated heterocycles. The molecule has 0 heterocycles. The third-order valence-electron chi connectivity index (χ3n) is 4.94. The Morgan fingerprint density at radius 1 is 1.14 bits per heavy atom. The van der Waals surface area contributed by atoms with Gasteiger partial charge in [0.25, 0.3) is 0 Å². The van der Waals surface area contributed by atoms with Crippen molar-refractivity contribution in [1.29, 1.82) is 0 Å². The van der Waals surface area contributed by atoms with Gasteiger partial charge in [0.1, 0.15) is 0 Å². The van der Waals surface area contributed by atoms with Crippen LogP contribution in [0, 0.1) is 5.92 Å². The third-order valence-corrected chi connectivity index (χ3v) is 4.94. The number of anilines is 2. The SMILES string of the molecule is C=CCC(CC)C(C)Nc1ccc(C(=O)OCC)cc1NCc1ccccc1. The van der Waals surface area contributed by atoms with E-state index in [1.165, 1.54) is 5.56 Å². The molecule has 0 saturated carbocycles. The van der Waals surface area contributed by atoms with Crippen molar-refractivity contribution >= 4 is 17.3 Å². The van der Waals surface area contributed by atoms with Crippen molar-refractivity contribution in [1.82, 2.24) is 0 Å². The van der Waals surface area contributed by atoms with Gasteiger partial charge in [-0.2, -0.15) is 0 Å². The normalized spacial score (nSPS) is 12.7. The first-order valence-corrected chi connectivity index (χ1v) is 10.0. The van der Waals surface area contributed by atoms with E-state index in [9.17, 15) is 4.79 Å². The summed E-state index contributed by atoms with van der Waals surface area (Å²) >= 11 is 0. The molecular formula is C24H32N2O2. The summed E-state index contributed by atoms with van der Waals surface area (Å²) in [5.41, 5.74) is 3.61. The zero-order chi connectivity index (χ0) is 20.4. The molecule has 2 aromatic rings. The van der Waals surface area contributed by atoms with E-state index in [-0.39, 0.29) is 12.0 Å². The number of ether oxygens (including phenoxy) is 1. The van der Waals surface area contributed by atoms with Crippen molar-refractivity contribution in [3.05, 3.63) is 72.3 Å². The second-order valence-electron chi connectivity index (χ2n) is 6.95. The summed E-state index contributed by atoms with van der Waals surface area (Å²) in [4.78, 5) is 12.2. The maximum absolute atomic E-state index is 12.2. The lowest BCUT2D eigenvalue weighted by Crippen LogP contribution is -2.25. The van der Waals surface area contributed by atoms with Gasteiger partial charge < -0.3 is 15.4 Å². The maximum atomic E-state index is 12.2. The molecule has 0 bridgehead atoms. The number of hydrogen-bond donors (Lipinski definition) is 2. The minimum atomic E-state index is -0.303. The third kappa shape index (κ3) is 6.15. The van der Waals surface area contributed by atoms with Gasteiger partial charge in [-0.05, 0) is 49.9 Å². The Bertz CT molecular complexity index is 758. The molecule has 0 aliphatic heterocycles. The van der Waals surface area contributed by atoms with Gasteiger partial charge in [0.15, 0.2) is 0 Å². The number of esters is 1. The Hall–Kier alpha value is -2.75. The molecule has 4 nitrogen and oxygen atoms in total. The summed E-state index contributed by atoms with van der Waals surface area (Å²) in [6, 6.07) is 16.1. The van der Waals surface area contributed by atoms with Crippen molar-refractivity contribution < 1.29 is 9.53 Å². The van der Waals surface area contributed by atoms with Crippen LogP contribution in [0.15, 0.2) is 61.2 Å². The molecule has 0 fully saturated rings. The Labute approximate surface area is 169 Å². The highest BCUT2D eigenvalue weighted by Crippen LogP contribution is 2.27. The van der Waals surface area contributed by atoms with Crippen LogP contribution in [0.25, 0.3) is 0 Å². The molecule has 0 spiro atoms. The van der Waals surface area contributed by atoms with E-state index in [1.54, 1.807) is 0 Å². The molecule has 4 heteroatoms. The van der Waals surface area contributed by atoms with Crippen LogP contribution in [0.3, 0.4) is 0 Å². The number of carbonyl (C=O) groups excluding carboxylic acids is 1. The van der Waals surface area contributed by atoms with E-state index in [1.807, 2.05) is 49.4 Å². The molecule has 0 aromatic heterocycles. The van der Waals surface area contributed by atoms with Gasteiger partial charge in [0.05, 0.1) is 23.5 Å². The van der Waals surface area contributed by atoms with Gasteiger partial charge in [-0.25, -0.2) is 4.79 Å². The monoisotopic (exact) mass is 380 g/mol. The number of nitrogens with one attached hydrogen (secondary N) is 2. The lowest BCUT2D eigenvalue weighted by Gasteiger charge is -2.25. The highest BCUT2D eigenvalue weighted by molar-refractivity contribution is 5.92. The first-order chi connectivity index (χ1) is 13.6. The van der Waals surface area contributed by atoms with Gasteiger partial charge in [-0.15, -0.1) is 6.58 Å².